The van der Waals surface area contributed by atoms with Crippen LogP contribution in [0.4, 0.5) is 0 Å². The normalized spacial score (nSPS) is 13.3. The van der Waals surface area contributed by atoms with E-state index in [1.54, 1.807) is 0 Å². The van der Waals surface area contributed by atoms with E-state index in [0.717, 1.165) is 19.3 Å². The fourth-order valence-corrected chi connectivity index (χ4v) is 10.7. The van der Waals surface area contributed by atoms with Gasteiger partial charge in [-0.2, -0.15) is 25.3 Å². The molecule has 0 N–H and O–H groups in total. The Morgan fingerprint density at radius 2 is 0.750 bits per heavy atom. The highest BCUT2D eigenvalue weighted by molar-refractivity contribution is 8.09. The maximum absolute atomic E-state index is 12.1. The van der Waals surface area contributed by atoms with Crippen LogP contribution in [0, 0.1) is 0 Å². The summed E-state index contributed by atoms with van der Waals surface area (Å²) in [6.07, 6.45) is 14.5. The molecule has 0 atom stereocenters. The van der Waals surface area contributed by atoms with Gasteiger partial charge in [0.05, 0.1) is 18.8 Å². The summed E-state index contributed by atoms with van der Waals surface area (Å²) in [6, 6.07) is 0. The number of rotatable bonds is 16. The van der Waals surface area contributed by atoms with Gasteiger partial charge in [0, 0.05) is 6.42 Å². The van der Waals surface area contributed by atoms with E-state index >= 15 is 0 Å². The summed E-state index contributed by atoms with van der Waals surface area (Å²) in [6.45, 7) is 1.73. The lowest BCUT2D eigenvalue weighted by atomic mass is 10.1. The van der Waals surface area contributed by atoms with E-state index in [2.05, 4.69) is 6.92 Å². The van der Waals surface area contributed by atoms with Crippen molar-refractivity contribution in [3.05, 3.63) is 0 Å². The minimum atomic E-state index is -4.39. The Labute approximate surface area is 183 Å². The van der Waals surface area contributed by atoms with E-state index in [1.165, 1.54) is 44.9 Å². The van der Waals surface area contributed by atoms with Crippen molar-refractivity contribution in [2.75, 3.05) is 25.3 Å². The molecule has 0 fully saturated rings. The molecule has 0 rings (SSSR count). The maximum atomic E-state index is 12.1. The van der Waals surface area contributed by atoms with Crippen molar-refractivity contribution in [1.29, 1.82) is 0 Å². The monoisotopic (exact) mass is 527 g/mol. The summed E-state index contributed by atoms with van der Waals surface area (Å²) < 4.78 is 70.7. The summed E-state index contributed by atoms with van der Waals surface area (Å²) in [5, 5.41) is 0. The predicted octanol–water partition coefficient (Wildman–Crippen LogP) is 0.387. The fraction of sp³-hybridized carbons (Fsp3) is 1.00. The summed E-state index contributed by atoms with van der Waals surface area (Å²) >= 11 is 0. The third kappa shape index (κ3) is 9.40. The van der Waals surface area contributed by atoms with Gasteiger partial charge in [0.15, 0.2) is 0 Å². The van der Waals surface area contributed by atoms with Crippen LogP contribution in [-0.4, -0.2) is 53.3 Å². The quantitative estimate of drug-likeness (QED) is 0.212. The second kappa shape index (κ2) is 13.6. The molecular formula is C17H38BrNO6S3. The summed E-state index contributed by atoms with van der Waals surface area (Å²) in [5.41, 5.74) is 0. The standard InChI is InChI=1S/C17H38NO6S3.BrH/c1-5-6-7-8-9-10-11-12-13-14-15-16-17-18(25(2,19)20,26(3,21)22)27(4,23)24;/h5-17H2,1-4H3;1H/q+1;/p-1. The van der Waals surface area contributed by atoms with Crippen molar-refractivity contribution in [2.45, 2.75) is 84.0 Å². The summed E-state index contributed by atoms with van der Waals surface area (Å²) in [5.74, 6) is 0. The van der Waals surface area contributed by atoms with Gasteiger partial charge in [-0.1, -0.05) is 71.1 Å². The topological polar surface area (TPSA) is 102 Å². The molecule has 0 heterocycles. The first-order valence-corrected chi connectivity index (χ1v) is 15.3. The lowest BCUT2D eigenvalue weighted by Crippen LogP contribution is -3.00. The average molecular weight is 529 g/mol. The van der Waals surface area contributed by atoms with E-state index in [9.17, 15) is 25.3 Å². The van der Waals surface area contributed by atoms with E-state index in [1.807, 2.05) is 0 Å². The van der Waals surface area contributed by atoms with Crippen molar-refractivity contribution < 1.29 is 44.9 Å². The van der Waals surface area contributed by atoms with Crippen LogP contribution >= 0.6 is 0 Å². The first-order chi connectivity index (χ1) is 12.3. The van der Waals surface area contributed by atoms with E-state index in [-0.39, 0.29) is 23.4 Å². The van der Waals surface area contributed by atoms with Gasteiger partial charge in [0.1, 0.15) is 6.54 Å². The van der Waals surface area contributed by atoms with Crippen LogP contribution in [0.3, 0.4) is 0 Å². The van der Waals surface area contributed by atoms with Crippen LogP contribution in [0.15, 0.2) is 0 Å². The van der Waals surface area contributed by atoms with Crippen LogP contribution in [0.1, 0.15) is 84.0 Å². The minimum absolute atomic E-state index is 0. The molecule has 0 aliphatic rings. The molecule has 0 bridgehead atoms. The molecule has 0 aliphatic heterocycles. The second-order valence-corrected chi connectivity index (χ2v) is 14.4. The molecule has 0 unspecified atom stereocenters. The molecule has 7 nitrogen and oxygen atoms in total. The third-order valence-electron chi connectivity index (χ3n) is 4.80. The van der Waals surface area contributed by atoms with E-state index in [4.69, 9.17) is 0 Å². The minimum Gasteiger partial charge on any atom is -1.00 e. The maximum Gasteiger partial charge on any atom is 0.323 e. The van der Waals surface area contributed by atoms with Gasteiger partial charge < -0.3 is 17.0 Å². The zero-order valence-corrected chi connectivity index (χ0v) is 21.7. The van der Waals surface area contributed by atoms with Gasteiger partial charge in [0.2, 0.25) is 0 Å². The van der Waals surface area contributed by atoms with Gasteiger partial charge in [-0.15, -0.1) is 0 Å². The molecule has 11 heteroatoms. The zero-order chi connectivity index (χ0) is 21.2. The van der Waals surface area contributed by atoms with Crippen molar-refractivity contribution in [1.82, 2.24) is 0 Å². The fourth-order valence-electron chi connectivity index (χ4n) is 3.38. The largest absolute Gasteiger partial charge is 1.00 e. The van der Waals surface area contributed by atoms with Gasteiger partial charge in [-0.05, 0) is 9.12 Å². The number of quaternary nitrogens is 1. The molecule has 0 aliphatic carbocycles. The first-order valence-electron chi connectivity index (χ1n) is 9.80. The molecule has 0 spiro atoms. The third-order valence-corrected chi connectivity index (χ3v) is 13.3. The number of sulfonamides is 3. The van der Waals surface area contributed by atoms with Gasteiger partial charge in [-0.3, -0.25) is 0 Å². The van der Waals surface area contributed by atoms with Gasteiger partial charge in [0.25, 0.3) is 0 Å². The Morgan fingerprint density at radius 3 is 1.00 bits per heavy atom. The molecule has 0 radical (unpaired) electrons. The predicted molar refractivity (Wildman–Crippen MR) is 111 cm³/mol. The van der Waals surface area contributed by atoms with E-state index in [0.29, 0.717) is 25.2 Å². The first kappa shape index (κ1) is 30.5. The van der Waals surface area contributed by atoms with Crippen molar-refractivity contribution in [3.63, 3.8) is 0 Å². The van der Waals surface area contributed by atoms with Crippen LogP contribution < -0.4 is 17.0 Å². The lowest BCUT2D eigenvalue weighted by Gasteiger charge is -2.29. The number of halogens is 1. The Bertz CT molecular complexity index is 654. The Balaban J connectivity index is 0. The number of hydrogen-bond acceptors (Lipinski definition) is 6. The highest BCUT2D eigenvalue weighted by Gasteiger charge is 2.56. The van der Waals surface area contributed by atoms with Crippen LogP contribution in [0.5, 0.6) is 0 Å². The number of nitrogens with zero attached hydrogens (tertiary/aromatic N) is 1. The second-order valence-electron chi connectivity index (χ2n) is 7.42. The molecule has 172 valence electrons. The molecule has 0 aromatic rings. The molecule has 28 heavy (non-hydrogen) atoms. The molecule has 0 aromatic carbocycles. The molecular weight excluding hydrogens is 490 g/mol. The number of unbranched alkanes of at least 4 members (excludes halogenated alkanes) is 11. The molecule has 0 saturated heterocycles. The Hall–Kier alpha value is 0.290. The van der Waals surface area contributed by atoms with Crippen molar-refractivity contribution >= 4 is 30.1 Å². The van der Waals surface area contributed by atoms with Gasteiger partial charge in [-0.25, -0.2) is 0 Å². The molecule has 0 amide bonds. The SMILES string of the molecule is CCCCCCCCCCCCCC[N+](S(C)(=O)=O)(S(C)(=O)=O)S(C)(=O)=O.[Br-]. The Kier molecular flexibility index (Phi) is 14.8. The molecule has 0 saturated carbocycles. The highest BCUT2D eigenvalue weighted by atomic mass is 79.9. The Morgan fingerprint density at radius 1 is 0.500 bits per heavy atom. The van der Waals surface area contributed by atoms with Crippen LogP contribution in [0.25, 0.3) is 0 Å². The molecule has 0 aromatic heterocycles. The van der Waals surface area contributed by atoms with Crippen LogP contribution in [-0.2, 0) is 30.1 Å². The average Bonchev–Trinajstić information content (AvgIpc) is 2.48. The highest BCUT2D eigenvalue weighted by Crippen LogP contribution is 2.27. The summed E-state index contributed by atoms with van der Waals surface area (Å²) in [4.78, 5) is 0. The van der Waals surface area contributed by atoms with Gasteiger partial charge >= 0.3 is 30.1 Å². The zero-order valence-electron chi connectivity index (χ0n) is 17.7. The van der Waals surface area contributed by atoms with Crippen molar-refractivity contribution in [2.24, 2.45) is 0 Å². The lowest BCUT2D eigenvalue weighted by molar-refractivity contribution is -0.523. The van der Waals surface area contributed by atoms with E-state index < -0.39 is 39.3 Å². The van der Waals surface area contributed by atoms with Crippen molar-refractivity contribution in [3.8, 4) is 0 Å². The number of hydrogen-bond donors (Lipinski definition) is 0. The smallest absolute Gasteiger partial charge is 0.323 e. The van der Waals surface area contributed by atoms with Crippen LogP contribution in [0.2, 0.25) is 0 Å². The summed E-state index contributed by atoms with van der Waals surface area (Å²) in [7, 11) is -13.2.